The molecule has 30 heteroatoms. The standard InChI is InChI=1S/C77H94N8O22/c1-50(2)60(40-59(86)16-21-96-23-25-98-27-29-100-31-33-102-35-36-103-34-32-101-30-28-99-26-24-97-22-17-78-71(87)15-18-83-72(88)13-14-73(83)89)75(91)81-51(3)74(90)82-56-10-7-52(8-11-56)54-37-57-45-79-63-43-69(66(94-4)41-61(63)76(92)84(57)47-54)104-19-6-20-105-70-44-64-62(42-67(70)95-5)77(93)85-48-55(38-58(85)46-80-64)53-9-12-65-68(39-53)107-49-106-65/h7-14,39,41-48,50-51,57-58,60H,6,15-38,40,49H2,1-5H3,(H,78,87)(H,81,91)(H,82,90)/t51-,57-,58?,60?/m0/s1. The average molecular weight is 1480 g/mol. The number of methoxy groups -OCH3 is 2. The Balaban J connectivity index is 0.539. The molecular weight excluding hydrogens is 1390 g/mol. The lowest BCUT2D eigenvalue weighted by Gasteiger charge is -2.22. The van der Waals surface area contributed by atoms with E-state index in [0.29, 0.717) is 181 Å². The Morgan fingerprint density at radius 3 is 1.51 bits per heavy atom. The van der Waals surface area contributed by atoms with Crippen molar-refractivity contribution >= 4 is 87.8 Å². The number of amides is 7. The largest absolute Gasteiger partial charge is 0.493 e. The molecule has 574 valence electrons. The monoisotopic (exact) mass is 1480 g/mol. The maximum absolute atomic E-state index is 14.2. The molecule has 6 aliphatic heterocycles. The van der Waals surface area contributed by atoms with Crippen molar-refractivity contribution in [3.8, 4) is 34.5 Å². The summed E-state index contributed by atoms with van der Waals surface area (Å²) >= 11 is 0. The number of hydrogen-bond acceptors (Lipinski definition) is 24. The minimum atomic E-state index is -0.905. The van der Waals surface area contributed by atoms with Crippen LogP contribution in [0.1, 0.15) is 91.1 Å². The molecule has 7 amide bonds. The first-order valence-corrected chi connectivity index (χ1v) is 36.0. The Bertz CT molecular complexity index is 3910. The van der Waals surface area contributed by atoms with Crippen LogP contribution in [0.15, 0.2) is 101 Å². The molecule has 0 radical (unpaired) electrons. The van der Waals surface area contributed by atoms with Crippen LogP contribution in [-0.2, 0) is 66.7 Å². The topological polar surface area (TPSA) is 336 Å². The molecule has 107 heavy (non-hydrogen) atoms. The third-order valence-electron chi connectivity index (χ3n) is 18.0. The van der Waals surface area contributed by atoms with E-state index in [9.17, 15) is 38.4 Å². The second kappa shape index (κ2) is 40.7. The molecule has 0 bridgehead atoms. The van der Waals surface area contributed by atoms with Gasteiger partial charge in [0, 0.05) is 112 Å². The maximum Gasteiger partial charge on any atom is 0.260 e. The van der Waals surface area contributed by atoms with E-state index in [-0.39, 0.29) is 101 Å². The Morgan fingerprint density at radius 2 is 1.01 bits per heavy atom. The van der Waals surface area contributed by atoms with Crippen molar-refractivity contribution in [1.82, 2.24) is 25.3 Å². The van der Waals surface area contributed by atoms with Crippen LogP contribution in [0.5, 0.6) is 34.5 Å². The van der Waals surface area contributed by atoms with Crippen molar-refractivity contribution in [2.75, 3.05) is 158 Å². The first kappa shape index (κ1) is 79.6. The molecule has 6 aliphatic rings. The summed E-state index contributed by atoms with van der Waals surface area (Å²) in [5.41, 5.74) is 5.80. The van der Waals surface area contributed by atoms with Crippen molar-refractivity contribution in [2.24, 2.45) is 21.8 Å². The van der Waals surface area contributed by atoms with Crippen LogP contribution in [0.2, 0.25) is 0 Å². The Kier molecular flexibility index (Phi) is 30.3. The van der Waals surface area contributed by atoms with Crippen molar-refractivity contribution < 1.29 is 105 Å². The Labute approximate surface area is 620 Å². The number of ketones is 1. The van der Waals surface area contributed by atoms with Crippen molar-refractivity contribution in [3.05, 3.63) is 114 Å². The van der Waals surface area contributed by atoms with E-state index in [4.69, 9.17) is 76.3 Å². The molecule has 0 aliphatic carbocycles. The molecule has 6 heterocycles. The number of carbonyl (C=O) groups is 8. The van der Waals surface area contributed by atoms with Crippen LogP contribution < -0.4 is 44.4 Å². The molecule has 4 aromatic carbocycles. The van der Waals surface area contributed by atoms with Gasteiger partial charge >= 0.3 is 0 Å². The summed E-state index contributed by atoms with van der Waals surface area (Å²) in [6.45, 7) is 12.1. The van der Waals surface area contributed by atoms with Gasteiger partial charge in [-0.05, 0) is 71.5 Å². The first-order valence-electron chi connectivity index (χ1n) is 36.0. The number of imide groups is 1. The highest BCUT2D eigenvalue weighted by atomic mass is 16.7. The molecule has 0 saturated carbocycles. The summed E-state index contributed by atoms with van der Waals surface area (Å²) < 4.78 is 79.0. The quantitative estimate of drug-likeness (QED) is 0.0300. The summed E-state index contributed by atoms with van der Waals surface area (Å²) in [6.07, 6.45) is 11.2. The van der Waals surface area contributed by atoms with Gasteiger partial charge in [-0.3, -0.25) is 53.2 Å². The minimum Gasteiger partial charge on any atom is -0.493 e. The number of hydrogen-bond donors (Lipinski definition) is 3. The van der Waals surface area contributed by atoms with Crippen LogP contribution in [0, 0.1) is 11.8 Å². The van der Waals surface area contributed by atoms with Gasteiger partial charge in [0.05, 0.1) is 168 Å². The number of aliphatic imine (C=N–C) groups is 2. The van der Waals surface area contributed by atoms with Gasteiger partial charge in [0.25, 0.3) is 23.6 Å². The second-order valence-electron chi connectivity index (χ2n) is 25.8. The third-order valence-corrected chi connectivity index (χ3v) is 18.0. The van der Waals surface area contributed by atoms with Gasteiger partial charge in [-0.2, -0.15) is 0 Å². The number of fused-ring (bicyclic) bond motifs is 5. The van der Waals surface area contributed by atoms with Gasteiger partial charge < -0.3 is 92.1 Å². The number of anilines is 1. The lowest BCUT2D eigenvalue weighted by Crippen LogP contribution is -2.45. The smallest absolute Gasteiger partial charge is 0.260 e. The summed E-state index contributed by atoms with van der Waals surface area (Å²) in [4.78, 5) is 117. The Hall–Kier alpha value is -9.92. The maximum atomic E-state index is 14.2. The molecule has 10 rings (SSSR count). The Morgan fingerprint density at radius 1 is 0.533 bits per heavy atom. The van der Waals surface area contributed by atoms with Crippen molar-refractivity contribution in [3.63, 3.8) is 0 Å². The van der Waals surface area contributed by atoms with Crippen LogP contribution in [0.25, 0.3) is 11.1 Å². The number of benzene rings is 4. The van der Waals surface area contributed by atoms with E-state index in [1.165, 1.54) is 26.4 Å². The zero-order valence-electron chi connectivity index (χ0n) is 61.0. The van der Waals surface area contributed by atoms with Gasteiger partial charge in [-0.25, -0.2) is 0 Å². The zero-order chi connectivity index (χ0) is 75.4. The highest BCUT2D eigenvalue weighted by molar-refractivity contribution is 6.13. The number of nitrogens with one attached hydrogen (secondary N) is 3. The summed E-state index contributed by atoms with van der Waals surface area (Å²) in [5.74, 6) is -0.422. The molecule has 0 aromatic heterocycles. The van der Waals surface area contributed by atoms with E-state index >= 15 is 0 Å². The second-order valence-corrected chi connectivity index (χ2v) is 25.8. The molecule has 3 N–H and O–H groups in total. The van der Waals surface area contributed by atoms with Crippen LogP contribution >= 0.6 is 0 Å². The van der Waals surface area contributed by atoms with E-state index in [2.05, 4.69) is 16.0 Å². The lowest BCUT2D eigenvalue weighted by molar-refractivity contribution is -0.137. The number of carbonyl (C=O) groups excluding carboxylic acids is 8. The molecule has 2 unspecified atom stereocenters. The molecule has 0 saturated heterocycles. The van der Waals surface area contributed by atoms with Crippen LogP contribution in [0.3, 0.4) is 0 Å². The molecular formula is C77H94N8O22. The highest BCUT2D eigenvalue weighted by Crippen LogP contribution is 2.43. The fraction of sp³-hybridized carbons (Fsp3) is 0.481. The average Bonchev–Trinajstić information content (AvgIpc) is 1.64. The van der Waals surface area contributed by atoms with E-state index in [0.717, 1.165) is 27.2 Å². The number of rotatable bonds is 47. The van der Waals surface area contributed by atoms with Gasteiger partial charge in [-0.15, -0.1) is 0 Å². The number of Topliss-reactive ketones (excluding diaryl/α,β-unsaturated/α-hetero) is 1. The van der Waals surface area contributed by atoms with E-state index in [1.807, 2.05) is 56.6 Å². The normalized spacial score (nSPS) is 16.6. The van der Waals surface area contributed by atoms with Gasteiger partial charge in [0.15, 0.2) is 34.5 Å². The van der Waals surface area contributed by atoms with Crippen LogP contribution in [-0.4, -0.2) is 245 Å². The van der Waals surface area contributed by atoms with E-state index in [1.54, 1.807) is 65.6 Å². The lowest BCUT2D eigenvalue weighted by atomic mass is 9.89. The summed E-state index contributed by atoms with van der Waals surface area (Å²) in [6, 6.07) is 18.1. The summed E-state index contributed by atoms with van der Waals surface area (Å²) in [7, 11) is 3.02. The zero-order valence-corrected chi connectivity index (χ0v) is 61.0. The number of nitrogens with zero attached hydrogens (tertiary/aromatic N) is 5. The highest BCUT2D eigenvalue weighted by Gasteiger charge is 2.37. The molecule has 0 fully saturated rings. The minimum absolute atomic E-state index is 0.00217. The predicted octanol–water partition coefficient (Wildman–Crippen LogP) is 6.85. The van der Waals surface area contributed by atoms with Crippen molar-refractivity contribution in [2.45, 2.75) is 77.4 Å². The fourth-order valence-electron chi connectivity index (χ4n) is 12.1. The van der Waals surface area contributed by atoms with Crippen LogP contribution in [0.4, 0.5) is 17.1 Å². The summed E-state index contributed by atoms with van der Waals surface area (Å²) in [5, 5.41) is 8.34. The SMILES string of the molecule is COc1cc2c(cc1OCCCOc1cc3c(cc1OC)C(=O)N1C=C(c4ccc(NC(=O)[C@H](C)NC(=O)C(CC(=O)CCOCCOCCOCCOCCOCCOCCOCCOCCNC(=O)CCN5C(=O)C=CC5=O)C(C)C)cc4)C[C@H]1C=N3)N=CC1CC(c3ccc4c(c3)OCO4)=CN1C2=O. The molecule has 4 aromatic rings. The molecule has 30 nitrogen and oxygen atoms in total. The van der Waals surface area contributed by atoms with E-state index < -0.39 is 35.6 Å². The van der Waals surface area contributed by atoms with Crippen molar-refractivity contribution in [1.29, 1.82) is 0 Å². The third kappa shape index (κ3) is 22.8. The molecule has 0 spiro atoms. The predicted molar refractivity (Wildman–Crippen MR) is 391 cm³/mol. The first-order chi connectivity index (χ1) is 52.0. The van der Waals surface area contributed by atoms with Gasteiger partial charge in [-0.1, -0.05) is 32.0 Å². The fourth-order valence-corrected chi connectivity index (χ4v) is 12.1. The van der Waals surface area contributed by atoms with Gasteiger partial charge in [0.2, 0.25) is 24.5 Å². The number of ether oxygens (including phenoxy) is 14. The van der Waals surface area contributed by atoms with Gasteiger partial charge in [0.1, 0.15) is 11.8 Å². The molecule has 4 atom stereocenters.